The Morgan fingerprint density at radius 1 is 1.14 bits per heavy atom. The Labute approximate surface area is 171 Å². The van der Waals surface area contributed by atoms with Gasteiger partial charge in [-0.05, 0) is 72.9 Å². The zero-order valence-electron chi connectivity index (χ0n) is 18.3. The molecule has 28 heavy (non-hydrogen) atoms. The van der Waals surface area contributed by atoms with Crippen LogP contribution < -0.4 is 0 Å². The Kier molecular flexibility index (Phi) is 7.13. The normalized spacial score (nSPS) is 19.7. The van der Waals surface area contributed by atoms with Gasteiger partial charge in [-0.1, -0.05) is 29.8 Å². The molecule has 0 N–H and O–H groups in total. The summed E-state index contributed by atoms with van der Waals surface area (Å²) in [6, 6.07) is 6.96. The highest BCUT2D eigenvalue weighted by molar-refractivity contribution is 7.89. The average Bonchev–Trinajstić information content (AvgIpc) is 2.55. The first kappa shape index (κ1) is 23.1. The van der Waals surface area contributed by atoms with Gasteiger partial charge in [-0.15, -0.1) is 0 Å². The van der Waals surface area contributed by atoms with Crippen molar-refractivity contribution in [2.45, 2.75) is 76.8 Å². The van der Waals surface area contributed by atoms with Crippen LogP contribution in [0.3, 0.4) is 0 Å². The summed E-state index contributed by atoms with van der Waals surface area (Å²) in [5.41, 5.74) is 1.69. The van der Waals surface area contributed by atoms with Gasteiger partial charge >= 0.3 is 0 Å². The molecule has 0 unspecified atom stereocenters. The Morgan fingerprint density at radius 2 is 1.68 bits per heavy atom. The molecular weight excluding hydrogens is 372 g/mol. The zero-order valence-corrected chi connectivity index (χ0v) is 19.1. The van der Waals surface area contributed by atoms with E-state index in [2.05, 4.69) is 39.3 Å². The van der Waals surface area contributed by atoms with Gasteiger partial charge in [-0.25, -0.2) is 8.42 Å². The lowest BCUT2D eigenvalue weighted by Crippen LogP contribution is -2.58. The third-order valence-corrected chi connectivity index (χ3v) is 7.20. The van der Waals surface area contributed by atoms with E-state index in [1.165, 1.54) is 10.7 Å². The van der Waals surface area contributed by atoms with Gasteiger partial charge in [0.2, 0.25) is 10.0 Å². The van der Waals surface area contributed by atoms with Gasteiger partial charge in [0.15, 0.2) is 0 Å². The van der Waals surface area contributed by atoms with Crippen molar-refractivity contribution in [3.63, 3.8) is 0 Å². The topological polar surface area (TPSA) is 49.9 Å². The second-order valence-electron chi connectivity index (χ2n) is 9.21. The highest BCUT2D eigenvalue weighted by atomic mass is 32.2. The predicted molar refractivity (Wildman–Crippen MR) is 115 cm³/mol. The lowest BCUT2D eigenvalue weighted by atomic mass is 9.82. The molecule has 6 heteroatoms. The first-order valence-electron chi connectivity index (χ1n) is 10.0. The number of aryl methyl sites for hydroxylation is 1. The first-order chi connectivity index (χ1) is 12.9. The van der Waals surface area contributed by atoms with Crippen LogP contribution in [0.1, 0.15) is 59.4 Å². The quantitative estimate of drug-likeness (QED) is 0.593. The first-order valence-corrected chi connectivity index (χ1v) is 11.4. The summed E-state index contributed by atoms with van der Waals surface area (Å²) in [5.74, 6) is 0. The molecule has 1 saturated heterocycles. The molecule has 0 atom stereocenters. The third-order valence-electron chi connectivity index (χ3n) is 5.34. The summed E-state index contributed by atoms with van der Waals surface area (Å²) in [6.07, 6.45) is 3.30. The molecule has 1 fully saturated rings. The average molecular weight is 409 g/mol. The highest BCUT2D eigenvalue weighted by Crippen LogP contribution is 2.38. The minimum Gasteiger partial charge on any atom is -0.297 e. The molecule has 1 aliphatic rings. The lowest BCUT2D eigenvalue weighted by Gasteiger charge is -2.51. The molecule has 0 spiro atoms. The van der Waals surface area contributed by atoms with Gasteiger partial charge in [0.05, 0.1) is 11.5 Å². The summed E-state index contributed by atoms with van der Waals surface area (Å²) in [7, 11) is -3.60. The van der Waals surface area contributed by atoms with Crippen molar-refractivity contribution in [2.75, 3.05) is 19.7 Å². The summed E-state index contributed by atoms with van der Waals surface area (Å²) in [4.78, 5) is 6.48. The minimum absolute atomic E-state index is 0.0727. The third kappa shape index (κ3) is 5.44. The van der Waals surface area contributed by atoms with Gasteiger partial charge in [0, 0.05) is 24.2 Å². The van der Waals surface area contributed by atoms with Crippen LogP contribution in [0.2, 0.25) is 0 Å². The monoisotopic (exact) mass is 408 g/mol. The number of hydrogen-bond donors (Lipinski definition) is 0. The number of hydrogen-bond acceptors (Lipinski definition) is 4. The molecule has 0 bridgehead atoms. The van der Waals surface area contributed by atoms with E-state index in [9.17, 15) is 8.42 Å². The van der Waals surface area contributed by atoms with E-state index in [1.807, 2.05) is 26.0 Å². The molecule has 5 nitrogen and oxygen atoms in total. The Bertz CT molecular complexity index is 767. The minimum atomic E-state index is -3.60. The van der Waals surface area contributed by atoms with Gasteiger partial charge in [0.25, 0.3) is 0 Å². The lowest BCUT2D eigenvalue weighted by molar-refractivity contribution is -0.280. The number of hydroxylamine groups is 2. The van der Waals surface area contributed by atoms with Crippen molar-refractivity contribution in [3.05, 3.63) is 42.0 Å². The van der Waals surface area contributed by atoms with Crippen molar-refractivity contribution in [3.8, 4) is 0 Å². The van der Waals surface area contributed by atoms with E-state index < -0.39 is 10.0 Å². The molecule has 2 rings (SSSR count). The largest absolute Gasteiger partial charge is 0.297 e. The molecule has 0 aliphatic carbocycles. The van der Waals surface area contributed by atoms with Crippen molar-refractivity contribution in [1.29, 1.82) is 0 Å². The van der Waals surface area contributed by atoms with Crippen molar-refractivity contribution >= 4 is 10.0 Å². The fraction of sp³-hybridized carbons (Fsp3) is 0.636. The standard InChI is InChI=1S/C22H36N2O3S/c1-18(2)17-23(28(25,26)20-11-9-19(3)10-12-20)15-16-27-24-21(4,5)13-8-14-22(24,6)7/h9-12H,1,8,13-17H2,2-7H3. The molecule has 0 amide bonds. The van der Waals surface area contributed by atoms with Crippen LogP contribution in [0, 0.1) is 6.92 Å². The van der Waals surface area contributed by atoms with E-state index in [1.54, 1.807) is 12.1 Å². The van der Waals surface area contributed by atoms with Gasteiger partial charge in [0.1, 0.15) is 0 Å². The van der Waals surface area contributed by atoms with Crippen LogP contribution in [0.4, 0.5) is 0 Å². The highest BCUT2D eigenvalue weighted by Gasteiger charge is 2.42. The van der Waals surface area contributed by atoms with Crippen LogP contribution in [0.5, 0.6) is 0 Å². The molecule has 0 aromatic heterocycles. The van der Waals surface area contributed by atoms with E-state index in [-0.39, 0.29) is 24.2 Å². The maximum atomic E-state index is 13.1. The van der Waals surface area contributed by atoms with Crippen molar-refractivity contribution in [1.82, 2.24) is 9.37 Å². The Hall–Kier alpha value is -1.21. The summed E-state index contributed by atoms with van der Waals surface area (Å²) in [5, 5.41) is 2.07. The SMILES string of the molecule is C=C(C)CN(CCON1C(C)(C)CCCC1(C)C)S(=O)(=O)c1ccc(C)cc1. The molecule has 1 aromatic rings. The Balaban J connectivity index is 2.14. The second kappa shape index (κ2) is 8.66. The number of benzene rings is 1. The maximum Gasteiger partial charge on any atom is 0.243 e. The zero-order chi connectivity index (χ0) is 21.2. The van der Waals surface area contributed by atoms with E-state index in [0.29, 0.717) is 11.5 Å². The van der Waals surface area contributed by atoms with E-state index in [4.69, 9.17) is 4.84 Å². The Morgan fingerprint density at radius 3 is 2.18 bits per heavy atom. The molecule has 1 aliphatic heterocycles. The van der Waals surface area contributed by atoms with Crippen LogP contribution in [0.25, 0.3) is 0 Å². The smallest absolute Gasteiger partial charge is 0.243 e. The molecule has 158 valence electrons. The summed E-state index contributed by atoms with van der Waals surface area (Å²) >= 11 is 0. The number of rotatable bonds is 8. The fourth-order valence-corrected chi connectivity index (χ4v) is 5.49. The van der Waals surface area contributed by atoms with Crippen LogP contribution >= 0.6 is 0 Å². The van der Waals surface area contributed by atoms with Crippen LogP contribution in [0.15, 0.2) is 41.3 Å². The number of sulfonamides is 1. The van der Waals surface area contributed by atoms with Crippen LogP contribution in [-0.2, 0) is 14.9 Å². The molecule has 0 radical (unpaired) electrons. The van der Waals surface area contributed by atoms with Gasteiger partial charge in [-0.2, -0.15) is 9.37 Å². The number of piperidine rings is 1. The molecular formula is C22H36N2O3S. The van der Waals surface area contributed by atoms with Gasteiger partial charge in [-0.3, -0.25) is 4.84 Å². The predicted octanol–water partition coefficient (Wildman–Crippen LogP) is 4.54. The van der Waals surface area contributed by atoms with Crippen LogP contribution in [-0.4, -0.2) is 48.6 Å². The van der Waals surface area contributed by atoms with Gasteiger partial charge < -0.3 is 0 Å². The molecule has 0 saturated carbocycles. The summed E-state index contributed by atoms with van der Waals surface area (Å²) in [6.45, 7) is 17.3. The fourth-order valence-electron chi connectivity index (χ4n) is 4.00. The molecule has 1 heterocycles. The second-order valence-corrected chi connectivity index (χ2v) is 11.2. The number of nitrogens with zero attached hydrogens (tertiary/aromatic N) is 2. The van der Waals surface area contributed by atoms with Crippen molar-refractivity contribution < 1.29 is 13.3 Å². The van der Waals surface area contributed by atoms with E-state index in [0.717, 1.165) is 24.0 Å². The van der Waals surface area contributed by atoms with Crippen molar-refractivity contribution in [2.24, 2.45) is 0 Å². The summed E-state index contributed by atoms with van der Waals surface area (Å²) < 4.78 is 27.7. The van der Waals surface area contributed by atoms with E-state index >= 15 is 0 Å². The maximum absolute atomic E-state index is 13.1. The molecule has 1 aromatic carbocycles.